The second kappa shape index (κ2) is 5.66. The summed E-state index contributed by atoms with van der Waals surface area (Å²) in [6.07, 6.45) is 1.16. The van der Waals surface area contributed by atoms with Crippen LogP contribution in [0.5, 0.6) is 0 Å². The van der Waals surface area contributed by atoms with Gasteiger partial charge in [0.05, 0.1) is 5.52 Å². The van der Waals surface area contributed by atoms with Gasteiger partial charge in [-0.15, -0.1) is 0 Å². The predicted octanol–water partition coefficient (Wildman–Crippen LogP) is 4.44. The van der Waals surface area contributed by atoms with E-state index in [-0.39, 0.29) is 0 Å². The van der Waals surface area contributed by atoms with E-state index in [1.807, 2.05) is 42.5 Å². The van der Waals surface area contributed by atoms with Crippen molar-refractivity contribution in [3.8, 4) is 0 Å². The molecule has 106 valence electrons. The first-order chi connectivity index (χ1) is 10.1. The maximum atomic E-state index is 10.6. The van der Waals surface area contributed by atoms with Crippen molar-refractivity contribution >= 4 is 10.9 Å². The molecule has 0 radical (unpaired) electrons. The molecule has 2 nitrogen and oxygen atoms in total. The van der Waals surface area contributed by atoms with Crippen LogP contribution in [0, 0.1) is 0 Å². The number of aromatic nitrogens is 1. The summed E-state index contributed by atoms with van der Waals surface area (Å²) in [7, 11) is 0. The van der Waals surface area contributed by atoms with Crippen molar-refractivity contribution in [2.24, 2.45) is 0 Å². The first-order valence-electron chi connectivity index (χ1n) is 7.28. The number of hydrogen-bond acceptors (Lipinski definition) is 2. The Labute approximate surface area is 125 Å². The van der Waals surface area contributed by atoms with E-state index < -0.39 is 6.10 Å². The number of aliphatic hydroxyl groups is 1. The Hall–Kier alpha value is -2.19. The predicted molar refractivity (Wildman–Crippen MR) is 86.3 cm³/mol. The SMILES string of the molecule is CC(C)c1ccc(C(O)c2ccc3cccnc3c2)cc1. The lowest BCUT2D eigenvalue weighted by Crippen LogP contribution is -2.00. The summed E-state index contributed by atoms with van der Waals surface area (Å²) in [5, 5.41) is 11.6. The van der Waals surface area contributed by atoms with Crippen LogP contribution < -0.4 is 0 Å². The maximum Gasteiger partial charge on any atom is 0.104 e. The highest BCUT2D eigenvalue weighted by Crippen LogP contribution is 2.26. The summed E-state index contributed by atoms with van der Waals surface area (Å²) in [5.74, 6) is 0.501. The van der Waals surface area contributed by atoms with Gasteiger partial charge in [-0.1, -0.05) is 56.3 Å². The highest BCUT2D eigenvalue weighted by molar-refractivity contribution is 5.79. The van der Waals surface area contributed by atoms with Crippen LogP contribution in [0.25, 0.3) is 10.9 Å². The molecule has 0 amide bonds. The average molecular weight is 277 g/mol. The smallest absolute Gasteiger partial charge is 0.104 e. The summed E-state index contributed by atoms with van der Waals surface area (Å²) in [5.41, 5.74) is 3.98. The molecular formula is C19H19NO. The van der Waals surface area contributed by atoms with Crippen LogP contribution in [0.2, 0.25) is 0 Å². The zero-order chi connectivity index (χ0) is 14.8. The van der Waals surface area contributed by atoms with E-state index in [2.05, 4.69) is 31.0 Å². The molecule has 1 unspecified atom stereocenters. The largest absolute Gasteiger partial charge is 0.384 e. The Morgan fingerprint density at radius 2 is 1.52 bits per heavy atom. The van der Waals surface area contributed by atoms with E-state index in [9.17, 15) is 5.11 Å². The molecule has 1 N–H and O–H groups in total. The zero-order valence-corrected chi connectivity index (χ0v) is 12.3. The molecule has 1 heterocycles. The molecule has 0 bridgehead atoms. The van der Waals surface area contributed by atoms with E-state index in [0.717, 1.165) is 22.0 Å². The molecule has 2 aromatic carbocycles. The summed E-state index contributed by atoms with van der Waals surface area (Å²) < 4.78 is 0. The molecule has 0 aliphatic carbocycles. The quantitative estimate of drug-likeness (QED) is 0.767. The molecule has 1 atom stereocenters. The molecule has 1 aromatic heterocycles. The monoisotopic (exact) mass is 277 g/mol. The average Bonchev–Trinajstić information content (AvgIpc) is 2.54. The summed E-state index contributed by atoms with van der Waals surface area (Å²) in [4.78, 5) is 4.34. The fourth-order valence-electron chi connectivity index (χ4n) is 2.51. The normalized spacial score (nSPS) is 12.8. The fraction of sp³-hybridized carbons (Fsp3) is 0.211. The Balaban J connectivity index is 1.93. The Morgan fingerprint density at radius 3 is 2.24 bits per heavy atom. The van der Waals surface area contributed by atoms with Gasteiger partial charge < -0.3 is 5.11 Å². The van der Waals surface area contributed by atoms with Gasteiger partial charge in [0.15, 0.2) is 0 Å². The van der Waals surface area contributed by atoms with Crippen molar-refractivity contribution in [2.45, 2.75) is 25.9 Å². The van der Waals surface area contributed by atoms with Crippen LogP contribution in [0.4, 0.5) is 0 Å². The van der Waals surface area contributed by atoms with Crippen molar-refractivity contribution in [1.29, 1.82) is 0 Å². The number of hydrogen-bond donors (Lipinski definition) is 1. The summed E-state index contributed by atoms with van der Waals surface area (Å²) >= 11 is 0. The Bertz CT molecular complexity index is 747. The van der Waals surface area contributed by atoms with Crippen molar-refractivity contribution in [2.75, 3.05) is 0 Å². The molecule has 0 aliphatic heterocycles. The van der Waals surface area contributed by atoms with E-state index >= 15 is 0 Å². The second-order valence-corrected chi connectivity index (χ2v) is 5.68. The van der Waals surface area contributed by atoms with Gasteiger partial charge in [0.25, 0.3) is 0 Å². The highest BCUT2D eigenvalue weighted by atomic mass is 16.3. The Kier molecular flexibility index (Phi) is 3.72. The third-order valence-electron chi connectivity index (χ3n) is 3.86. The lowest BCUT2D eigenvalue weighted by atomic mass is 9.96. The Morgan fingerprint density at radius 1 is 0.857 bits per heavy atom. The van der Waals surface area contributed by atoms with Crippen LogP contribution in [-0.4, -0.2) is 10.1 Å². The van der Waals surface area contributed by atoms with E-state index in [4.69, 9.17) is 0 Å². The molecule has 0 spiro atoms. The van der Waals surface area contributed by atoms with Crippen LogP contribution >= 0.6 is 0 Å². The topological polar surface area (TPSA) is 33.1 Å². The van der Waals surface area contributed by atoms with Gasteiger partial charge in [-0.05, 0) is 34.7 Å². The maximum absolute atomic E-state index is 10.6. The van der Waals surface area contributed by atoms with Crippen LogP contribution in [0.15, 0.2) is 60.8 Å². The minimum Gasteiger partial charge on any atom is -0.384 e. The molecule has 0 aliphatic rings. The first-order valence-corrected chi connectivity index (χ1v) is 7.28. The molecule has 0 saturated heterocycles. The molecule has 0 saturated carbocycles. The van der Waals surface area contributed by atoms with Crippen LogP contribution in [0.3, 0.4) is 0 Å². The lowest BCUT2D eigenvalue weighted by Gasteiger charge is -2.13. The van der Waals surface area contributed by atoms with Gasteiger partial charge in [0.1, 0.15) is 6.10 Å². The first kappa shape index (κ1) is 13.8. The number of nitrogens with zero attached hydrogens (tertiary/aromatic N) is 1. The second-order valence-electron chi connectivity index (χ2n) is 5.68. The lowest BCUT2D eigenvalue weighted by molar-refractivity contribution is 0.220. The molecule has 2 heteroatoms. The third kappa shape index (κ3) is 2.81. The standard InChI is InChI=1S/C19H19NO/c1-13(2)14-5-8-16(9-6-14)19(21)17-10-7-15-4-3-11-20-18(15)12-17/h3-13,19,21H,1-2H3. The number of benzene rings is 2. The minimum atomic E-state index is -0.613. The van der Waals surface area contributed by atoms with Gasteiger partial charge in [-0.3, -0.25) is 4.98 Å². The number of fused-ring (bicyclic) bond motifs is 1. The molecule has 21 heavy (non-hydrogen) atoms. The van der Waals surface area contributed by atoms with Crippen molar-refractivity contribution < 1.29 is 5.11 Å². The molecule has 3 aromatic rings. The molecule has 3 rings (SSSR count). The van der Waals surface area contributed by atoms with Crippen molar-refractivity contribution in [3.63, 3.8) is 0 Å². The van der Waals surface area contributed by atoms with Crippen LogP contribution in [0.1, 0.15) is 42.6 Å². The molecular weight excluding hydrogens is 258 g/mol. The number of rotatable bonds is 3. The van der Waals surface area contributed by atoms with E-state index in [1.165, 1.54) is 5.56 Å². The van der Waals surface area contributed by atoms with Crippen molar-refractivity contribution in [3.05, 3.63) is 77.5 Å². The van der Waals surface area contributed by atoms with E-state index in [1.54, 1.807) is 6.20 Å². The van der Waals surface area contributed by atoms with Gasteiger partial charge in [0.2, 0.25) is 0 Å². The van der Waals surface area contributed by atoms with Gasteiger partial charge in [-0.2, -0.15) is 0 Å². The zero-order valence-electron chi connectivity index (χ0n) is 12.3. The minimum absolute atomic E-state index is 0.501. The third-order valence-corrected chi connectivity index (χ3v) is 3.86. The van der Waals surface area contributed by atoms with Gasteiger partial charge >= 0.3 is 0 Å². The molecule has 0 fully saturated rings. The van der Waals surface area contributed by atoms with Gasteiger partial charge in [-0.25, -0.2) is 0 Å². The number of pyridine rings is 1. The highest BCUT2D eigenvalue weighted by Gasteiger charge is 2.11. The van der Waals surface area contributed by atoms with E-state index in [0.29, 0.717) is 5.92 Å². The fourth-order valence-corrected chi connectivity index (χ4v) is 2.51. The van der Waals surface area contributed by atoms with Gasteiger partial charge in [0, 0.05) is 11.6 Å². The summed E-state index contributed by atoms with van der Waals surface area (Å²) in [6, 6.07) is 18.0. The van der Waals surface area contributed by atoms with Crippen molar-refractivity contribution in [1.82, 2.24) is 4.98 Å². The summed E-state index contributed by atoms with van der Waals surface area (Å²) in [6.45, 7) is 4.33. The number of aliphatic hydroxyl groups excluding tert-OH is 1. The van der Waals surface area contributed by atoms with Crippen LogP contribution in [-0.2, 0) is 0 Å².